The lowest BCUT2D eigenvalue weighted by Crippen LogP contribution is -2.38. The number of aliphatic imine (C=N–C) groups is 1. The first-order chi connectivity index (χ1) is 16.5. The Morgan fingerprint density at radius 2 is 2.09 bits per heavy atom. The monoisotopic (exact) mass is 483 g/mol. The van der Waals surface area contributed by atoms with Gasteiger partial charge in [-0.2, -0.15) is 0 Å². The van der Waals surface area contributed by atoms with Gasteiger partial charge in [0.05, 0.1) is 38.0 Å². The molecule has 9 heteroatoms. The Bertz CT molecular complexity index is 1090. The molecule has 0 radical (unpaired) electrons. The van der Waals surface area contributed by atoms with E-state index in [9.17, 15) is 9.59 Å². The van der Waals surface area contributed by atoms with Crippen LogP contribution in [0.3, 0.4) is 0 Å². The van der Waals surface area contributed by atoms with Crippen LogP contribution in [0.25, 0.3) is 0 Å². The highest BCUT2D eigenvalue weighted by atomic mass is 32.2. The van der Waals surface area contributed by atoms with Gasteiger partial charge in [0.25, 0.3) is 0 Å². The molecule has 3 aliphatic rings. The molecule has 0 unspecified atom stereocenters. The van der Waals surface area contributed by atoms with E-state index in [0.29, 0.717) is 40.4 Å². The van der Waals surface area contributed by atoms with Gasteiger partial charge in [0.1, 0.15) is 18.1 Å². The number of carbonyl (C=O) groups is 2. The summed E-state index contributed by atoms with van der Waals surface area (Å²) in [5.74, 6) is 1.24. The molecule has 2 aliphatic heterocycles. The smallest absolute Gasteiger partial charge is 0.338 e. The molecule has 1 amide bonds. The number of amides is 1. The van der Waals surface area contributed by atoms with Crippen molar-refractivity contribution in [2.45, 2.75) is 32.2 Å². The summed E-state index contributed by atoms with van der Waals surface area (Å²) in [5.41, 5.74) is 2.46. The molecule has 1 fully saturated rings. The van der Waals surface area contributed by atoms with Gasteiger partial charge in [0, 0.05) is 23.9 Å². The van der Waals surface area contributed by atoms with Crippen molar-refractivity contribution in [3.63, 3.8) is 0 Å². The quantitative estimate of drug-likeness (QED) is 0.398. The highest BCUT2D eigenvalue weighted by Gasteiger charge is 2.42. The van der Waals surface area contributed by atoms with Crippen molar-refractivity contribution in [3.05, 3.63) is 58.8 Å². The highest BCUT2D eigenvalue weighted by Crippen LogP contribution is 2.47. The van der Waals surface area contributed by atoms with Crippen molar-refractivity contribution in [3.8, 4) is 11.5 Å². The van der Waals surface area contributed by atoms with E-state index in [0.717, 1.165) is 11.3 Å². The number of nitrogens with zero attached hydrogens (tertiary/aromatic N) is 2. The molecule has 1 aromatic carbocycles. The lowest BCUT2D eigenvalue weighted by Gasteiger charge is -2.36. The Balaban J connectivity index is 1.72. The van der Waals surface area contributed by atoms with E-state index < -0.39 is 12.0 Å². The molecule has 1 atom stereocenters. The number of nitrogens with one attached hydrogen (secondary N) is 1. The topological polar surface area (TPSA) is 89.5 Å². The predicted molar refractivity (Wildman–Crippen MR) is 131 cm³/mol. The number of esters is 1. The highest BCUT2D eigenvalue weighted by molar-refractivity contribution is 8.16. The van der Waals surface area contributed by atoms with E-state index >= 15 is 0 Å². The summed E-state index contributed by atoms with van der Waals surface area (Å²) in [6.07, 6.45) is 4.04. The number of fused-ring (bicyclic) bond motifs is 1. The predicted octanol–water partition coefficient (Wildman–Crippen LogP) is 3.92. The Hall–Kier alpha value is -3.20. The van der Waals surface area contributed by atoms with Crippen LogP contribution in [0.15, 0.2) is 58.2 Å². The SMILES string of the molecule is C=CCOC(=O)C1=C(C)N=C2SC=C(CC(=O)NCC3CC3)N2[C@@H]1c1ccc(OC)cc1OC. The molecule has 0 spiro atoms. The summed E-state index contributed by atoms with van der Waals surface area (Å²) in [6.45, 7) is 6.21. The van der Waals surface area contributed by atoms with Crippen molar-refractivity contribution in [1.82, 2.24) is 10.2 Å². The summed E-state index contributed by atoms with van der Waals surface area (Å²) >= 11 is 1.43. The van der Waals surface area contributed by atoms with Gasteiger partial charge in [-0.15, -0.1) is 0 Å². The normalized spacial score (nSPS) is 19.1. The van der Waals surface area contributed by atoms with Gasteiger partial charge >= 0.3 is 5.97 Å². The van der Waals surface area contributed by atoms with Gasteiger partial charge in [0.15, 0.2) is 5.17 Å². The second kappa shape index (κ2) is 10.4. The molecule has 8 nitrogen and oxygen atoms in total. The second-order valence-corrected chi connectivity index (χ2v) is 9.15. The van der Waals surface area contributed by atoms with Crippen molar-refractivity contribution >= 4 is 28.8 Å². The Labute approximate surface area is 203 Å². The van der Waals surface area contributed by atoms with E-state index in [1.165, 1.54) is 30.7 Å². The lowest BCUT2D eigenvalue weighted by atomic mass is 9.93. The minimum atomic E-state index is -0.580. The molecule has 1 aromatic rings. The molecule has 34 heavy (non-hydrogen) atoms. The average molecular weight is 484 g/mol. The number of carbonyl (C=O) groups excluding carboxylic acids is 2. The molecular formula is C25H29N3O5S. The first-order valence-electron chi connectivity index (χ1n) is 11.2. The maximum absolute atomic E-state index is 13.2. The third-order valence-corrected chi connectivity index (χ3v) is 6.80. The molecule has 0 bridgehead atoms. The molecule has 4 rings (SSSR count). The molecule has 1 aliphatic carbocycles. The molecule has 2 heterocycles. The first kappa shape index (κ1) is 23.9. The number of hydrogen-bond acceptors (Lipinski definition) is 8. The van der Waals surface area contributed by atoms with Gasteiger partial charge in [0.2, 0.25) is 5.91 Å². The van der Waals surface area contributed by atoms with E-state index in [1.54, 1.807) is 27.2 Å². The van der Waals surface area contributed by atoms with Crippen LogP contribution >= 0.6 is 11.8 Å². The van der Waals surface area contributed by atoms with Crippen LogP contribution in [-0.2, 0) is 14.3 Å². The maximum Gasteiger partial charge on any atom is 0.338 e. The number of hydrogen-bond donors (Lipinski definition) is 1. The number of benzene rings is 1. The van der Waals surface area contributed by atoms with Crippen LogP contribution in [0.5, 0.6) is 11.5 Å². The second-order valence-electron chi connectivity index (χ2n) is 8.31. The van der Waals surface area contributed by atoms with E-state index in [-0.39, 0.29) is 18.9 Å². The van der Waals surface area contributed by atoms with Gasteiger partial charge in [-0.25, -0.2) is 9.79 Å². The fraction of sp³-hybridized carbons (Fsp3) is 0.400. The van der Waals surface area contributed by atoms with E-state index in [1.807, 2.05) is 22.4 Å². The minimum absolute atomic E-state index is 0.0532. The van der Waals surface area contributed by atoms with Crippen LogP contribution in [0.1, 0.15) is 37.8 Å². The number of amidine groups is 1. The molecule has 180 valence electrons. The number of methoxy groups -OCH3 is 2. The summed E-state index contributed by atoms with van der Waals surface area (Å²) in [7, 11) is 3.16. The number of ether oxygens (including phenoxy) is 3. The zero-order chi connectivity index (χ0) is 24.2. The van der Waals surface area contributed by atoms with Gasteiger partial charge in [-0.05, 0) is 43.2 Å². The standard InChI is InChI=1S/C25H29N3O5S/c1-5-10-33-24(30)22-15(2)27-25-28(17(14-34-25)11-21(29)26-13-16-6-7-16)23(22)19-9-8-18(31-3)12-20(19)32-4/h5,8-9,12,14,16,23H,1,6-7,10-11,13H2,2-4H3,(H,26,29)/t23-/m1/s1. The zero-order valence-electron chi connectivity index (χ0n) is 19.6. The summed E-state index contributed by atoms with van der Waals surface area (Å²) < 4.78 is 16.5. The lowest BCUT2D eigenvalue weighted by molar-refractivity contribution is -0.138. The molecule has 0 aromatic heterocycles. The van der Waals surface area contributed by atoms with Crippen molar-refractivity contribution in [2.24, 2.45) is 10.9 Å². The maximum atomic E-state index is 13.2. The number of thioether (sulfide) groups is 1. The fourth-order valence-corrected chi connectivity index (χ4v) is 4.95. The first-order valence-corrected chi connectivity index (χ1v) is 12.1. The number of rotatable bonds is 10. The van der Waals surface area contributed by atoms with Gasteiger partial charge < -0.3 is 24.4 Å². The van der Waals surface area contributed by atoms with Crippen LogP contribution in [0.2, 0.25) is 0 Å². The zero-order valence-corrected chi connectivity index (χ0v) is 20.4. The van der Waals surface area contributed by atoms with Crippen molar-refractivity contribution in [2.75, 3.05) is 27.4 Å². The van der Waals surface area contributed by atoms with Crippen LogP contribution in [0.4, 0.5) is 0 Å². The Morgan fingerprint density at radius 1 is 1.29 bits per heavy atom. The molecule has 1 saturated carbocycles. The summed E-state index contributed by atoms with van der Waals surface area (Å²) in [5, 5.41) is 5.64. The van der Waals surface area contributed by atoms with Crippen molar-refractivity contribution in [1.29, 1.82) is 0 Å². The van der Waals surface area contributed by atoms with E-state index in [4.69, 9.17) is 14.2 Å². The van der Waals surface area contributed by atoms with Gasteiger partial charge in [-0.3, -0.25) is 4.79 Å². The molecular weight excluding hydrogens is 454 g/mol. The van der Waals surface area contributed by atoms with Crippen molar-refractivity contribution < 1.29 is 23.8 Å². The third-order valence-electron chi connectivity index (χ3n) is 5.91. The molecule has 1 N–H and O–H groups in total. The van der Waals surface area contributed by atoms with Gasteiger partial charge in [-0.1, -0.05) is 24.4 Å². The number of allylic oxidation sites excluding steroid dienone is 1. The largest absolute Gasteiger partial charge is 0.497 e. The Morgan fingerprint density at radius 3 is 2.76 bits per heavy atom. The van der Waals surface area contributed by atoms with Crippen LogP contribution in [0, 0.1) is 5.92 Å². The molecule has 0 saturated heterocycles. The van der Waals surface area contributed by atoms with Crippen LogP contribution in [-0.4, -0.2) is 49.3 Å². The third kappa shape index (κ3) is 4.99. The minimum Gasteiger partial charge on any atom is -0.497 e. The summed E-state index contributed by atoms with van der Waals surface area (Å²) in [4.78, 5) is 32.5. The van der Waals surface area contributed by atoms with E-state index in [2.05, 4.69) is 16.9 Å². The average Bonchev–Trinajstić information content (AvgIpc) is 3.60. The fourth-order valence-electron chi connectivity index (χ4n) is 3.99. The van der Waals surface area contributed by atoms with Crippen LogP contribution < -0.4 is 14.8 Å². The Kier molecular flexibility index (Phi) is 7.31. The summed E-state index contributed by atoms with van der Waals surface area (Å²) in [6, 6.07) is 4.88.